The molecule has 7 nitrogen and oxygen atoms in total. The van der Waals surface area contributed by atoms with E-state index in [4.69, 9.17) is 5.21 Å². The van der Waals surface area contributed by atoms with Crippen LogP contribution in [0.25, 0.3) is 6.08 Å². The van der Waals surface area contributed by atoms with E-state index in [0.717, 1.165) is 16.6 Å². The fraction of sp³-hybridized carbons (Fsp3) is 0.278. The van der Waals surface area contributed by atoms with Crippen molar-refractivity contribution < 1.29 is 18.4 Å². The molecule has 0 saturated heterocycles. The van der Waals surface area contributed by atoms with Crippen molar-refractivity contribution in [1.82, 2.24) is 14.8 Å². The van der Waals surface area contributed by atoms with Gasteiger partial charge in [0.1, 0.15) is 0 Å². The lowest BCUT2D eigenvalue weighted by atomic mass is 10.2. The Morgan fingerprint density at radius 2 is 2.00 bits per heavy atom. The molecule has 8 heteroatoms. The molecule has 1 heterocycles. The number of hydrogen-bond acceptors (Lipinski definition) is 5. The number of hydroxylamine groups is 1. The van der Waals surface area contributed by atoms with Gasteiger partial charge in [0.2, 0.25) is 0 Å². The van der Waals surface area contributed by atoms with E-state index in [1.54, 1.807) is 24.3 Å². The summed E-state index contributed by atoms with van der Waals surface area (Å²) in [6.45, 7) is 5.42. The van der Waals surface area contributed by atoms with Crippen molar-refractivity contribution in [2.75, 3.05) is 6.54 Å². The van der Waals surface area contributed by atoms with Gasteiger partial charge in [-0.05, 0) is 41.8 Å². The molecule has 3 N–H and O–H groups in total. The second kappa shape index (κ2) is 8.79. The number of hydrogen-bond donors (Lipinski definition) is 3. The molecule has 0 atom stereocenters. The zero-order valence-electron chi connectivity index (χ0n) is 14.7. The molecule has 0 radical (unpaired) electrons. The lowest BCUT2D eigenvalue weighted by molar-refractivity contribution is -0.124. The highest BCUT2D eigenvalue weighted by Gasteiger charge is 2.20. The summed E-state index contributed by atoms with van der Waals surface area (Å²) in [5.41, 5.74) is 2.69. The fourth-order valence-corrected chi connectivity index (χ4v) is 3.79. The minimum absolute atomic E-state index is 0.232. The Balaban J connectivity index is 2.26. The van der Waals surface area contributed by atoms with Crippen LogP contribution in [0.5, 0.6) is 0 Å². The summed E-state index contributed by atoms with van der Waals surface area (Å²) in [7, 11) is -3.75. The number of carbonyl (C=O) groups is 1. The van der Waals surface area contributed by atoms with Crippen molar-refractivity contribution in [2.45, 2.75) is 25.3 Å². The van der Waals surface area contributed by atoms with Gasteiger partial charge in [0.05, 0.1) is 4.90 Å². The molecule has 140 valence electrons. The van der Waals surface area contributed by atoms with Crippen LogP contribution in [0.3, 0.4) is 0 Å². The van der Waals surface area contributed by atoms with E-state index in [9.17, 15) is 13.2 Å². The van der Waals surface area contributed by atoms with Crippen LogP contribution in [-0.4, -0.2) is 30.0 Å². The van der Waals surface area contributed by atoms with Gasteiger partial charge in [-0.2, -0.15) is 0 Å². The van der Waals surface area contributed by atoms with Gasteiger partial charge in [-0.3, -0.25) is 10.0 Å². The van der Waals surface area contributed by atoms with E-state index in [1.165, 1.54) is 23.9 Å². The standard InChI is InChI=1S/C18H23N3O4S/c1-14(2)11-19-12-16-5-3-4-6-17(16)26(24,25)21-10-9-15(13-21)7-8-18(22)20-23/h3-10,13-14,19,23H,11-12H2,1-2H3,(H,20,22). The second-order valence-corrected chi connectivity index (χ2v) is 8.03. The number of nitrogens with zero attached hydrogens (tertiary/aromatic N) is 1. The number of carbonyl (C=O) groups excluding carboxylic acids is 1. The first-order valence-corrected chi connectivity index (χ1v) is 9.63. The Hall–Kier alpha value is -2.42. The first-order valence-electron chi connectivity index (χ1n) is 8.19. The SMILES string of the molecule is CC(C)CNCc1ccccc1S(=O)(=O)n1ccc(C=CC(=O)NO)c1. The molecule has 26 heavy (non-hydrogen) atoms. The molecule has 0 saturated carbocycles. The van der Waals surface area contributed by atoms with Crippen LogP contribution in [0.1, 0.15) is 25.0 Å². The lowest BCUT2D eigenvalue weighted by Gasteiger charge is -2.13. The molecule has 0 bridgehead atoms. The summed E-state index contributed by atoms with van der Waals surface area (Å²) < 4.78 is 27.0. The average molecular weight is 377 g/mol. The Bertz CT molecular complexity index is 885. The Labute approximate surface area is 153 Å². The maximum absolute atomic E-state index is 13.0. The van der Waals surface area contributed by atoms with Gasteiger partial charge >= 0.3 is 0 Å². The molecular formula is C18H23N3O4S. The molecule has 0 spiro atoms. The molecule has 0 fully saturated rings. The van der Waals surface area contributed by atoms with E-state index < -0.39 is 15.9 Å². The van der Waals surface area contributed by atoms with Crippen LogP contribution >= 0.6 is 0 Å². The van der Waals surface area contributed by atoms with Crippen molar-refractivity contribution in [2.24, 2.45) is 5.92 Å². The monoisotopic (exact) mass is 377 g/mol. The molecule has 0 aliphatic rings. The summed E-state index contributed by atoms with van der Waals surface area (Å²) in [5.74, 6) is -0.226. The van der Waals surface area contributed by atoms with Crippen molar-refractivity contribution >= 4 is 22.0 Å². The predicted molar refractivity (Wildman–Crippen MR) is 99.0 cm³/mol. The number of benzene rings is 1. The summed E-state index contributed by atoms with van der Waals surface area (Å²) in [5, 5.41) is 11.7. The molecule has 2 rings (SSSR count). The highest BCUT2D eigenvalue weighted by molar-refractivity contribution is 7.90. The van der Waals surface area contributed by atoms with Crippen LogP contribution in [0.2, 0.25) is 0 Å². The number of amides is 1. The van der Waals surface area contributed by atoms with Gasteiger partial charge in [-0.1, -0.05) is 32.0 Å². The third-order valence-corrected chi connectivity index (χ3v) is 5.36. The largest absolute Gasteiger partial charge is 0.312 e. The normalized spacial score (nSPS) is 12.0. The van der Waals surface area contributed by atoms with Gasteiger partial charge in [-0.25, -0.2) is 17.9 Å². The summed E-state index contributed by atoms with van der Waals surface area (Å²) in [6.07, 6.45) is 5.35. The van der Waals surface area contributed by atoms with Crippen LogP contribution in [0.15, 0.2) is 53.7 Å². The Morgan fingerprint density at radius 1 is 1.27 bits per heavy atom. The minimum atomic E-state index is -3.75. The van der Waals surface area contributed by atoms with Crippen LogP contribution < -0.4 is 10.8 Å². The second-order valence-electron chi connectivity index (χ2n) is 6.22. The van der Waals surface area contributed by atoms with E-state index in [-0.39, 0.29) is 4.90 Å². The quantitative estimate of drug-likeness (QED) is 0.371. The topological polar surface area (TPSA) is 100 Å². The van der Waals surface area contributed by atoms with E-state index in [0.29, 0.717) is 23.6 Å². The maximum atomic E-state index is 13.0. The average Bonchev–Trinajstić information content (AvgIpc) is 3.09. The van der Waals surface area contributed by atoms with Gasteiger partial charge in [0.25, 0.3) is 15.9 Å². The van der Waals surface area contributed by atoms with E-state index in [1.807, 2.05) is 6.07 Å². The first kappa shape index (κ1) is 19.9. The third-order valence-electron chi connectivity index (χ3n) is 3.62. The van der Waals surface area contributed by atoms with Crippen LogP contribution in [0.4, 0.5) is 0 Å². The summed E-state index contributed by atoms with van der Waals surface area (Å²) in [4.78, 5) is 11.3. The highest BCUT2D eigenvalue weighted by atomic mass is 32.2. The molecule has 1 amide bonds. The highest BCUT2D eigenvalue weighted by Crippen LogP contribution is 2.20. The Kier molecular flexibility index (Phi) is 6.73. The van der Waals surface area contributed by atoms with Crippen LogP contribution in [-0.2, 0) is 21.4 Å². The van der Waals surface area contributed by atoms with Gasteiger partial charge in [0.15, 0.2) is 0 Å². The molecular weight excluding hydrogens is 354 g/mol. The number of aromatic nitrogens is 1. The molecule has 2 aromatic rings. The Morgan fingerprint density at radius 3 is 2.69 bits per heavy atom. The summed E-state index contributed by atoms with van der Waals surface area (Å²) >= 11 is 0. The zero-order chi connectivity index (χ0) is 19.2. The van der Waals surface area contributed by atoms with Crippen LogP contribution in [0, 0.1) is 5.92 Å². The fourth-order valence-electron chi connectivity index (χ4n) is 2.36. The number of rotatable bonds is 8. The predicted octanol–water partition coefficient (Wildman–Crippen LogP) is 1.99. The van der Waals surface area contributed by atoms with Crippen molar-refractivity contribution in [3.63, 3.8) is 0 Å². The molecule has 0 aliphatic heterocycles. The summed E-state index contributed by atoms with van der Waals surface area (Å²) in [6, 6.07) is 8.43. The molecule has 0 unspecified atom stereocenters. The lowest BCUT2D eigenvalue weighted by Crippen LogP contribution is -2.21. The van der Waals surface area contributed by atoms with E-state index in [2.05, 4.69) is 19.2 Å². The van der Waals surface area contributed by atoms with Gasteiger partial charge in [-0.15, -0.1) is 0 Å². The zero-order valence-corrected chi connectivity index (χ0v) is 15.5. The maximum Gasteiger partial charge on any atom is 0.267 e. The van der Waals surface area contributed by atoms with Gasteiger partial charge in [0, 0.05) is 25.0 Å². The molecule has 1 aromatic carbocycles. The smallest absolute Gasteiger partial charge is 0.267 e. The van der Waals surface area contributed by atoms with Gasteiger partial charge < -0.3 is 5.32 Å². The third kappa shape index (κ3) is 5.04. The van der Waals surface area contributed by atoms with E-state index >= 15 is 0 Å². The first-order chi connectivity index (χ1) is 12.3. The van der Waals surface area contributed by atoms with Crippen molar-refractivity contribution in [3.05, 3.63) is 59.9 Å². The molecule has 0 aliphatic carbocycles. The molecule has 1 aromatic heterocycles. The van der Waals surface area contributed by atoms with Crippen molar-refractivity contribution in [1.29, 1.82) is 0 Å². The van der Waals surface area contributed by atoms with Crippen molar-refractivity contribution in [3.8, 4) is 0 Å². The minimum Gasteiger partial charge on any atom is -0.312 e. The number of nitrogens with one attached hydrogen (secondary N) is 2.